The Hall–Kier alpha value is -1.22. The van der Waals surface area contributed by atoms with E-state index in [1.807, 2.05) is 0 Å². The quantitative estimate of drug-likeness (QED) is 0.808. The summed E-state index contributed by atoms with van der Waals surface area (Å²) >= 11 is 0. The minimum absolute atomic E-state index is 0.314. The maximum Gasteiger partial charge on any atom is 0.122 e. The van der Waals surface area contributed by atoms with Gasteiger partial charge in [-0.05, 0) is 49.9 Å². The van der Waals surface area contributed by atoms with Crippen molar-refractivity contribution in [3.05, 3.63) is 23.8 Å². The number of hydrogen-bond donors (Lipinski definition) is 1. The number of aryl methyl sites for hydroxylation is 1. The summed E-state index contributed by atoms with van der Waals surface area (Å²) in [6, 6.07) is 6.82. The van der Waals surface area contributed by atoms with Gasteiger partial charge >= 0.3 is 0 Å². The van der Waals surface area contributed by atoms with E-state index in [0.717, 1.165) is 38.3 Å². The third-order valence-corrected chi connectivity index (χ3v) is 3.99. The van der Waals surface area contributed by atoms with Crippen molar-refractivity contribution in [2.75, 3.05) is 24.6 Å². The van der Waals surface area contributed by atoms with Crippen LogP contribution in [0, 0.1) is 6.92 Å². The fourth-order valence-corrected chi connectivity index (χ4v) is 2.77. The number of rotatable bonds is 6. The summed E-state index contributed by atoms with van der Waals surface area (Å²) in [5.74, 6) is 1.02. The number of unbranched alkanes of at least 4 members (excludes halogenated alkanes) is 2. The van der Waals surface area contributed by atoms with Crippen molar-refractivity contribution in [3.8, 4) is 5.75 Å². The summed E-state index contributed by atoms with van der Waals surface area (Å²) in [5, 5.41) is 0. The number of piperidine rings is 1. The van der Waals surface area contributed by atoms with E-state index < -0.39 is 0 Å². The van der Waals surface area contributed by atoms with Gasteiger partial charge in [0.2, 0.25) is 0 Å². The third-order valence-electron chi connectivity index (χ3n) is 3.99. The molecule has 0 amide bonds. The van der Waals surface area contributed by atoms with Crippen molar-refractivity contribution in [3.63, 3.8) is 0 Å². The van der Waals surface area contributed by atoms with Crippen LogP contribution < -0.4 is 15.4 Å². The molecule has 1 atom stereocenters. The van der Waals surface area contributed by atoms with E-state index in [1.54, 1.807) is 0 Å². The van der Waals surface area contributed by atoms with E-state index in [9.17, 15) is 0 Å². The normalized spacial score (nSPS) is 19.1. The van der Waals surface area contributed by atoms with Crippen LogP contribution in [-0.4, -0.2) is 25.7 Å². The van der Waals surface area contributed by atoms with Crippen molar-refractivity contribution < 1.29 is 4.74 Å². The molecule has 3 nitrogen and oxygen atoms in total. The fourth-order valence-electron chi connectivity index (χ4n) is 2.77. The van der Waals surface area contributed by atoms with Crippen molar-refractivity contribution in [1.82, 2.24) is 0 Å². The van der Waals surface area contributed by atoms with Gasteiger partial charge in [-0.15, -0.1) is 0 Å². The molecule has 0 aromatic heterocycles. The molecule has 0 radical (unpaired) electrons. The lowest BCUT2D eigenvalue weighted by atomic mass is 10.1. The third kappa shape index (κ3) is 4.14. The number of benzene rings is 1. The molecule has 0 saturated carbocycles. The van der Waals surface area contributed by atoms with Crippen molar-refractivity contribution >= 4 is 5.69 Å². The fraction of sp³-hybridized carbons (Fsp3) is 0.647. The van der Waals surface area contributed by atoms with Gasteiger partial charge in [-0.3, -0.25) is 0 Å². The highest BCUT2D eigenvalue weighted by Gasteiger charge is 2.17. The zero-order valence-corrected chi connectivity index (χ0v) is 12.9. The first-order valence-corrected chi connectivity index (χ1v) is 7.94. The van der Waals surface area contributed by atoms with Gasteiger partial charge in [-0.25, -0.2) is 0 Å². The number of nitrogens with zero attached hydrogens (tertiary/aromatic N) is 1. The smallest absolute Gasteiger partial charge is 0.122 e. The number of ether oxygens (including phenoxy) is 1. The highest BCUT2D eigenvalue weighted by Crippen LogP contribution is 2.26. The molecular weight excluding hydrogens is 248 g/mol. The van der Waals surface area contributed by atoms with Crippen molar-refractivity contribution in [2.45, 2.75) is 52.0 Å². The molecule has 3 heteroatoms. The van der Waals surface area contributed by atoms with Gasteiger partial charge in [0, 0.05) is 24.8 Å². The Bertz CT molecular complexity index is 419. The summed E-state index contributed by atoms with van der Waals surface area (Å²) in [4.78, 5) is 2.39. The minimum atomic E-state index is 0.314. The Morgan fingerprint density at radius 2 is 2.20 bits per heavy atom. The van der Waals surface area contributed by atoms with Crippen LogP contribution in [0.25, 0.3) is 0 Å². The molecular formula is C17H28N2O. The molecule has 1 aromatic rings. The van der Waals surface area contributed by atoms with E-state index in [1.165, 1.54) is 30.5 Å². The first kappa shape index (κ1) is 15.2. The zero-order valence-electron chi connectivity index (χ0n) is 12.9. The molecule has 0 aliphatic carbocycles. The van der Waals surface area contributed by atoms with Crippen LogP contribution >= 0.6 is 0 Å². The summed E-state index contributed by atoms with van der Waals surface area (Å²) in [6.07, 6.45) is 5.95. The highest BCUT2D eigenvalue weighted by atomic mass is 16.5. The summed E-state index contributed by atoms with van der Waals surface area (Å²) < 4.78 is 5.86. The maximum atomic E-state index is 6.06. The molecule has 1 heterocycles. The Labute approximate surface area is 123 Å². The molecule has 20 heavy (non-hydrogen) atoms. The number of hydrogen-bond acceptors (Lipinski definition) is 3. The second kappa shape index (κ2) is 7.53. The van der Waals surface area contributed by atoms with Gasteiger partial charge in [-0.2, -0.15) is 0 Å². The zero-order chi connectivity index (χ0) is 14.4. The van der Waals surface area contributed by atoms with Crippen LogP contribution in [0.2, 0.25) is 0 Å². The van der Waals surface area contributed by atoms with Gasteiger partial charge in [-0.1, -0.05) is 19.8 Å². The van der Waals surface area contributed by atoms with Gasteiger partial charge in [0.25, 0.3) is 0 Å². The molecule has 112 valence electrons. The first-order chi connectivity index (χ1) is 9.70. The Morgan fingerprint density at radius 1 is 1.35 bits per heavy atom. The average Bonchev–Trinajstić information content (AvgIpc) is 2.45. The molecule has 2 N–H and O–H groups in total. The largest absolute Gasteiger partial charge is 0.493 e. The maximum absolute atomic E-state index is 6.06. The predicted molar refractivity (Wildman–Crippen MR) is 85.6 cm³/mol. The van der Waals surface area contributed by atoms with Crippen LogP contribution in [0.5, 0.6) is 5.75 Å². The molecule has 0 bridgehead atoms. The molecule has 1 unspecified atom stereocenters. The van der Waals surface area contributed by atoms with Gasteiger partial charge < -0.3 is 15.4 Å². The Balaban J connectivity index is 1.94. The summed E-state index contributed by atoms with van der Waals surface area (Å²) in [7, 11) is 0. The molecule has 1 saturated heterocycles. The number of anilines is 1. The molecule has 2 rings (SSSR count). The number of nitrogens with two attached hydrogens (primary N) is 1. The van der Waals surface area contributed by atoms with Gasteiger partial charge in [0.15, 0.2) is 0 Å². The van der Waals surface area contributed by atoms with Crippen LogP contribution in [0.1, 0.15) is 44.6 Å². The van der Waals surface area contributed by atoms with Crippen LogP contribution in [0.15, 0.2) is 18.2 Å². The molecule has 1 aliphatic rings. The molecule has 0 spiro atoms. The van der Waals surface area contributed by atoms with Crippen LogP contribution in [0.3, 0.4) is 0 Å². The van der Waals surface area contributed by atoms with Gasteiger partial charge in [0.05, 0.1) is 6.61 Å². The van der Waals surface area contributed by atoms with E-state index in [0.29, 0.717) is 6.04 Å². The van der Waals surface area contributed by atoms with Crippen LogP contribution in [-0.2, 0) is 0 Å². The lowest BCUT2D eigenvalue weighted by molar-refractivity contribution is 0.304. The van der Waals surface area contributed by atoms with E-state index >= 15 is 0 Å². The standard InChI is InChI=1S/C17H28N2O/c1-3-4-5-11-20-17-9-8-16(12-14(17)2)19-10-6-7-15(18)13-19/h8-9,12,15H,3-7,10-11,13,18H2,1-2H3. The second-order valence-electron chi connectivity index (χ2n) is 5.85. The predicted octanol–water partition coefficient (Wildman–Crippen LogP) is 3.49. The van der Waals surface area contributed by atoms with E-state index in [4.69, 9.17) is 10.5 Å². The topological polar surface area (TPSA) is 38.5 Å². The van der Waals surface area contributed by atoms with Crippen molar-refractivity contribution in [2.24, 2.45) is 5.73 Å². The Morgan fingerprint density at radius 3 is 2.90 bits per heavy atom. The SMILES string of the molecule is CCCCCOc1ccc(N2CCCC(N)C2)cc1C. The second-order valence-corrected chi connectivity index (χ2v) is 5.85. The molecule has 1 fully saturated rings. The first-order valence-electron chi connectivity index (χ1n) is 7.94. The molecule has 1 aromatic carbocycles. The minimum Gasteiger partial charge on any atom is -0.493 e. The van der Waals surface area contributed by atoms with E-state index in [-0.39, 0.29) is 0 Å². The molecule has 1 aliphatic heterocycles. The average molecular weight is 276 g/mol. The lowest BCUT2D eigenvalue weighted by Crippen LogP contribution is -2.42. The summed E-state index contributed by atoms with van der Waals surface area (Å²) in [6.45, 7) is 7.24. The highest BCUT2D eigenvalue weighted by molar-refractivity contribution is 5.53. The summed E-state index contributed by atoms with van der Waals surface area (Å²) in [5.41, 5.74) is 8.56. The van der Waals surface area contributed by atoms with E-state index in [2.05, 4.69) is 36.9 Å². The van der Waals surface area contributed by atoms with Crippen molar-refractivity contribution in [1.29, 1.82) is 0 Å². The monoisotopic (exact) mass is 276 g/mol. The Kier molecular flexibility index (Phi) is 5.72. The van der Waals surface area contributed by atoms with Crippen LogP contribution in [0.4, 0.5) is 5.69 Å². The van der Waals surface area contributed by atoms with Gasteiger partial charge in [0.1, 0.15) is 5.75 Å². The lowest BCUT2D eigenvalue weighted by Gasteiger charge is -2.33.